The van der Waals surface area contributed by atoms with Crippen LogP contribution in [0.1, 0.15) is 29.9 Å². The molecule has 1 unspecified atom stereocenters. The average molecular weight is 291 g/mol. The van der Waals surface area contributed by atoms with Crippen LogP contribution in [0.2, 0.25) is 0 Å². The van der Waals surface area contributed by atoms with Crippen molar-refractivity contribution >= 4 is 0 Å². The van der Waals surface area contributed by atoms with Crippen molar-refractivity contribution in [2.45, 2.75) is 19.4 Å². The van der Waals surface area contributed by atoms with Crippen LogP contribution in [-0.4, -0.2) is 16.2 Å². The molecule has 1 aromatic carbocycles. The number of hydrogen-bond donors (Lipinski definition) is 0. The third-order valence-electron chi connectivity index (χ3n) is 3.13. The van der Waals surface area contributed by atoms with Crippen LogP contribution in [0.25, 0.3) is 0 Å². The van der Waals surface area contributed by atoms with Gasteiger partial charge in [-0.05, 0) is 12.5 Å². The second kappa shape index (κ2) is 6.92. The molecule has 108 valence electrons. The van der Waals surface area contributed by atoms with Crippen molar-refractivity contribution in [3.8, 4) is 24.2 Å². The van der Waals surface area contributed by atoms with Crippen LogP contribution in [0.15, 0.2) is 30.3 Å². The number of ether oxygens (including phenoxy) is 1. The van der Waals surface area contributed by atoms with Crippen LogP contribution >= 0.6 is 0 Å². The first kappa shape index (κ1) is 15.1. The Morgan fingerprint density at radius 3 is 2.50 bits per heavy atom. The first-order valence-corrected chi connectivity index (χ1v) is 6.70. The van der Waals surface area contributed by atoms with Crippen molar-refractivity contribution in [2.75, 3.05) is 6.61 Å². The summed E-state index contributed by atoms with van der Waals surface area (Å²) in [5, 5.41) is 27.3. The molecular formula is C16H13N5O. The van der Waals surface area contributed by atoms with E-state index >= 15 is 0 Å². The molecule has 1 aromatic heterocycles. The summed E-state index contributed by atoms with van der Waals surface area (Å²) in [6, 6.07) is 15.0. The number of hydrogen-bond acceptors (Lipinski definition) is 5. The third-order valence-corrected chi connectivity index (χ3v) is 3.13. The maximum atomic E-state index is 9.16. The van der Waals surface area contributed by atoms with Gasteiger partial charge in [-0.15, -0.1) is 0 Å². The lowest BCUT2D eigenvalue weighted by molar-refractivity contribution is 0.279. The molecule has 0 radical (unpaired) electrons. The summed E-state index contributed by atoms with van der Waals surface area (Å²) in [6.45, 7) is 1.96. The molecule has 0 saturated carbocycles. The zero-order chi connectivity index (χ0) is 15.9. The van der Waals surface area contributed by atoms with Gasteiger partial charge in [0.05, 0.1) is 12.7 Å². The number of nitrogens with zero attached hydrogens (tertiary/aromatic N) is 5. The molecule has 2 rings (SSSR count). The number of rotatable bonds is 5. The lowest BCUT2D eigenvalue weighted by Crippen LogP contribution is -2.11. The van der Waals surface area contributed by atoms with E-state index in [4.69, 9.17) is 20.5 Å². The van der Waals surface area contributed by atoms with E-state index in [1.165, 1.54) is 4.57 Å². The van der Waals surface area contributed by atoms with Gasteiger partial charge in [-0.25, -0.2) is 0 Å². The lowest BCUT2D eigenvalue weighted by atomic mass is 10.2. The summed E-state index contributed by atoms with van der Waals surface area (Å²) in [5.74, 6) is 0. The fourth-order valence-electron chi connectivity index (χ4n) is 2.02. The van der Waals surface area contributed by atoms with Gasteiger partial charge in [0.25, 0.3) is 6.01 Å². The summed E-state index contributed by atoms with van der Waals surface area (Å²) < 4.78 is 6.94. The van der Waals surface area contributed by atoms with Crippen LogP contribution in [0.5, 0.6) is 6.01 Å². The van der Waals surface area contributed by atoms with E-state index in [0.29, 0.717) is 13.0 Å². The zero-order valence-corrected chi connectivity index (χ0v) is 12.0. The first-order chi connectivity index (χ1) is 10.7. The molecule has 6 heteroatoms. The SMILES string of the molecule is CC(C#N)n1c(OCCc2ccccc2)nc(C#N)c1C#N. The fourth-order valence-corrected chi connectivity index (χ4v) is 2.02. The first-order valence-electron chi connectivity index (χ1n) is 6.70. The Morgan fingerprint density at radius 2 is 1.91 bits per heavy atom. The van der Waals surface area contributed by atoms with E-state index in [2.05, 4.69) is 4.98 Å². The van der Waals surface area contributed by atoms with Crippen molar-refractivity contribution in [3.05, 3.63) is 47.3 Å². The summed E-state index contributed by atoms with van der Waals surface area (Å²) in [7, 11) is 0. The van der Waals surface area contributed by atoms with Gasteiger partial charge in [-0.3, -0.25) is 4.57 Å². The van der Waals surface area contributed by atoms with Gasteiger partial charge in [0.15, 0.2) is 11.4 Å². The highest BCUT2D eigenvalue weighted by Gasteiger charge is 2.22. The summed E-state index contributed by atoms with van der Waals surface area (Å²) >= 11 is 0. The van der Waals surface area contributed by atoms with Gasteiger partial charge in [-0.2, -0.15) is 20.8 Å². The van der Waals surface area contributed by atoms with Crippen molar-refractivity contribution in [2.24, 2.45) is 0 Å². The quantitative estimate of drug-likeness (QED) is 0.841. The van der Waals surface area contributed by atoms with Crippen molar-refractivity contribution < 1.29 is 4.74 Å². The van der Waals surface area contributed by atoms with Crippen molar-refractivity contribution in [3.63, 3.8) is 0 Å². The smallest absolute Gasteiger partial charge is 0.299 e. The van der Waals surface area contributed by atoms with E-state index in [1.807, 2.05) is 48.5 Å². The summed E-state index contributed by atoms with van der Waals surface area (Å²) in [5.41, 5.74) is 1.13. The minimum Gasteiger partial charge on any atom is -0.464 e. The summed E-state index contributed by atoms with van der Waals surface area (Å²) in [6.07, 6.45) is 0.665. The van der Waals surface area contributed by atoms with Gasteiger partial charge >= 0.3 is 0 Å². The molecule has 22 heavy (non-hydrogen) atoms. The molecule has 0 N–H and O–H groups in total. The molecule has 0 saturated heterocycles. The molecule has 0 fully saturated rings. The predicted molar refractivity (Wildman–Crippen MR) is 77.6 cm³/mol. The molecule has 6 nitrogen and oxygen atoms in total. The Balaban J connectivity index is 2.20. The van der Waals surface area contributed by atoms with E-state index in [-0.39, 0.29) is 17.4 Å². The molecule has 0 amide bonds. The van der Waals surface area contributed by atoms with Gasteiger partial charge in [0.2, 0.25) is 0 Å². The maximum absolute atomic E-state index is 9.16. The Morgan fingerprint density at radius 1 is 1.18 bits per heavy atom. The molecule has 1 atom stereocenters. The topological polar surface area (TPSA) is 98.4 Å². The van der Waals surface area contributed by atoms with Crippen LogP contribution in [0.3, 0.4) is 0 Å². The zero-order valence-electron chi connectivity index (χ0n) is 12.0. The maximum Gasteiger partial charge on any atom is 0.299 e. The molecule has 0 aliphatic carbocycles. The largest absolute Gasteiger partial charge is 0.464 e. The van der Waals surface area contributed by atoms with Gasteiger partial charge in [-0.1, -0.05) is 30.3 Å². The van der Waals surface area contributed by atoms with Crippen LogP contribution in [0.4, 0.5) is 0 Å². The molecule has 1 heterocycles. The minimum absolute atomic E-state index is 0.0284. The number of aromatic nitrogens is 2. The number of benzene rings is 1. The minimum atomic E-state index is -0.643. The Bertz CT molecular complexity index is 774. The van der Waals surface area contributed by atoms with Gasteiger partial charge in [0.1, 0.15) is 18.2 Å². The van der Waals surface area contributed by atoms with E-state index in [1.54, 1.807) is 6.92 Å². The molecule has 0 aliphatic rings. The fraction of sp³-hybridized carbons (Fsp3) is 0.250. The van der Waals surface area contributed by atoms with Crippen molar-refractivity contribution in [1.82, 2.24) is 9.55 Å². The van der Waals surface area contributed by atoms with Crippen LogP contribution < -0.4 is 4.74 Å². The number of imidazole rings is 1. The predicted octanol–water partition coefficient (Wildman–Crippen LogP) is 2.33. The highest BCUT2D eigenvalue weighted by Crippen LogP contribution is 2.22. The normalized spacial score (nSPS) is 11.0. The standard InChI is InChI=1S/C16H13N5O/c1-12(9-17)21-15(11-19)14(10-18)20-16(21)22-8-7-13-5-3-2-4-6-13/h2-6,12H,7-8H2,1H3. The average Bonchev–Trinajstić information content (AvgIpc) is 2.92. The molecule has 0 bridgehead atoms. The van der Waals surface area contributed by atoms with E-state index < -0.39 is 6.04 Å². The van der Waals surface area contributed by atoms with Gasteiger partial charge < -0.3 is 4.74 Å². The second-order valence-corrected chi connectivity index (χ2v) is 4.57. The van der Waals surface area contributed by atoms with E-state index in [0.717, 1.165) is 5.56 Å². The Labute approximate surface area is 128 Å². The highest BCUT2D eigenvalue weighted by molar-refractivity contribution is 5.40. The van der Waals surface area contributed by atoms with E-state index in [9.17, 15) is 0 Å². The van der Waals surface area contributed by atoms with Gasteiger partial charge in [0, 0.05) is 6.42 Å². The van der Waals surface area contributed by atoms with Crippen LogP contribution in [-0.2, 0) is 6.42 Å². The van der Waals surface area contributed by atoms with Crippen LogP contribution in [0, 0.1) is 34.0 Å². The number of nitriles is 3. The lowest BCUT2D eigenvalue weighted by Gasteiger charge is -2.11. The molecule has 0 spiro atoms. The molecule has 2 aromatic rings. The third kappa shape index (κ3) is 3.06. The molecular weight excluding hydrogens is 278 g/mol. The second-order valence-electron chi connectivity index (χ2n) is 4.57. The summed E-state index contributed by atoms with van der Waals surface area (Å²) in [4.78, 5) is 4.01. The Kier molecular flexibility index (Phi) is 4.75. The monoisotopic (exact) mass is 291 g/mol. The highest BCUT2D eigenvalue weighted by atomic mass is 16.5. The Hall–Kier alpha value is -3.30. The van der Waals surface area contributed by atoms with Crippen molar-refractivity contribution in [1.29, 1.82) is 15.8 Å². The molecule has 0 aliphatic heterocycles.